The van der Waals surface area contributed by atoms with Crippen LogP contribution in [0.4, 0.5) is 5.69 Å². The van der Waals surface area contributed by atoms with E-state index < -0.39 is 11.0 Å². The molecule has 7 heteroatoms. The molecule has 0 bridgehead atoms. The quantitative estimate of drug-likeness (QED) is 0.323. The number of aromatic nitrogens is 2. The molecule has 2 rings (SSSR count). The summed E-state index contributed by atoms with van der Waals surface area (Å²) in [6.45, 7) is 1.56. The molecule has 0 aromatic carbocycles. The van der Waals surface area contributed by atoms with Gasteiger partial charge in [-0.2, -0.15) is 5.10 Å². The van der Waals surface area contributed by atoms with Crippen LogP contribution >= 0.6 is 0 Å². The predicted octanol–water partition coefficient (Wildman–Crippen LogP) is 1.24. The van der Waals surface area contributed by atoms with Crippen molar-refractivity contribution in [3.05, 3.63) is 34.2 Å². The van der Waals surface area contributed by atoms with E-state index in [1.165, 1.54) is 41.9 Å². The molecule has 1 aliphatic rings. The molecule has 0 fully saturated rings. The smallest absolute Gasteiger partial charge is 0.306 e. The van der Waals surface area contributed by atoms with Gasteiger partial charge in [0.2, 0.25) is 0 Å². The number of nitro groups is 1. The molecule has 110 valence electrons. The minimum atomic E-state index is -0.605. The van der Waals surface area contributed by atoms with E-state index >= 15 is 0 Å². The first-order valence-corrected chi connectivity index (χ1v) is 6.88. The number of nitrogens with zero attached hydrogens (tertiary/aromatic N) is 3. The van der Waals surface area contributed by atoms with E-state index in [9.17, 15) is 15.2 Å². The number of nitrogens with one attached hydrogen (secondary N) is 1. The van der Waals surface area contributed by atoms with E-state index in [1.807, 2.05) is 0 Å². The molecule has 7 nitrogen and oxygen atoms in total. The van der Waals surface area contributed by atoms with Crippen LogP contribution in [-0.4, -0.2) is 39.0 Å². The molecule has 0 spiro atoms. The molecule has 1 aromatic heterocycles. The number of allylic oxidation sites excluding steroid dienone is 1. The molecule has 1 aliphatic carbocycles. The average Bonchev–Trinajstić information content (AvgIpc) is 3.05. The fourth-order valence-corrected chi connectivity index (χ4v) is 2.31. The van der Waals surface area contributed by atoms with Crippen LogP contribution < -0.4 is 5.32 Å². The highest BCUT2D eigenvalue weighted by Crippen LogP contribution is 2.19. The Morgan fingerprint density at radius 3 is 3.10 bits per heavy atom. The van der Waals surface area contributed by atoms with E-state index in [0.717, 1.165) is 13.0 Å². The normalized spacial score (nSPS) is 16.1. The highest BCUT2D eigenvalue weighted by molar-refractivity contribution is 5.20. The van der Waals surface area contributed by atoms with Gasteiger partial charge in [0.1, 0.15) is 12.4 Å². The average molecular weight is 280 g/mol. The van der Waals surface area contributed by atoms with E-state index in [-0.39, 0.29) is 12.2 Å². The van der Waals surface area contributed by atoms with Crippen molar-refractivity contribution in [1.29, 1.82) is 0 Å². The summed E-state index contributed by atoms with van der Waals surface area (Å²) in [7, 11) is 0. The highest BCUT2D eigenvalue weighted by atomic mass is 16.6. The van der Waals surface area contributed by atoms with Crippen molar-refractivity contribution in [3.8, 4) is 0 Å². The number of hydrogen-bond acceptors (Lipinski definition) is 5. The van der Waals surface area contributed by atoms with Gasteiger partial charge in [-0.1, -0.05) is 11.6 Å². The predicted molar refractivity (Wildman–Crippen MR) is 74.3 cm³/mol. The Morgan fingerprint density at radius 2 is 2.45 bits per heavy atom. The first-order valence-electron chi connectivity index (χ1n) is 6.88. The largest absolute Gasteiger partial charge is 0.390 e. The van der Waals surface area contributed by atoms with Gasteiger partial charge >= 0.3 is 5.69 Å². The summed E-state index contributed by atoms with van der Waals surface area (Å²) in [4.78, 5) is 10.0. The summed E-state index contributed by atoms with van der Waals surface area (Å²) in [6, 6.07) is 0. The third kappa shape index (κ3) is 4.43. The van der Waals surface area contributed by atoms with E-state index in [0.29, 0.717) is 6.54 Å². The molecule has 2 N–H and O–H groups in total. The molecule has 1 atom stereocenters. The molecule has 0 amide bonds. The van der Waals surface area contributed by atoms with Crippen LogP contribution in [0.15, 0.2) is 24.0 Å². The Morgan fingerprint density at radius 1 is 1.60 bits per heavy atom. The van der Waals surface area contributed by atoms with Crippen molar-refractivity contribution in [2.45, 2.75) is 38.3 Å². The third-order valence-electron chi connectivity index (χ3n) is 3.37. The van der Waals surface area contributed by atoms with Crippen LogP contribution in [0.1, 0.15) is 25.7 Å². The zero-order chi connectivity index (χ0) is 14.4. The Balaban J connectivity index is 1.64. The topological polar surface area (TPSA) is 93.2 Å². The molecule has 1 unspecified atom stereocenters. The van der Waals surface area contributed by atoms with Crippen molar-refractivity contribution in [2.24, 2.45) is 0 Å². The van der Waals surface area contributed by atoms with Crippen molar-refractivity contribution >= 4 is 5.69 Å². The fourth-order valence-electron chi connectivity index (χ4n) is 2.31. The van der Waals surface area contributed by atoms with Crippen molar-refractivity contribution < 1.29 is 10.0 Å². The Hall–Kier alpha value is -1.73. The first-order chi connectivity index (χ1) is 9.65. The maximum absolute atomic E-state index is 10.5. The monoisotopic (exact) mass is 280 g/mol. The number of aliphatic hydroxyl groups is 1. The van der Waals surface area contributed by atoms with Gasteiger partial charge in [0.05, 0.1) is 17.6 Å². The molecule has 0 saturated heterocycles. The second kappa shape index (κ2) is 7.16. The lowest BCUT2D eigenvalue weighted by Crippen LogP contribution is -2.31. The summed E-state index contributed by atoms with van der Waals surface area (Å²) in [5, 5.41) is 27.4. The van der Waals surface area contributed by atoms with Gasteiger partial charge in [0.15, 0.2) is 0 Å². The van der Waals surface area contributed by atoms with Crippen LogP contribution in [0.25, 0.3) is 0 Å². The van der Waals surface area contributed by atoms with Gasteiger partial charge in [-0.15, -0.1) is 0 Å². The van der Waals surface area contributed by atoms with Crippen molar-refractivity contribution in [3.63, 3.8) is 0 Å². The van der Waals surface area contributed by atoms with Crippen molar-refractivity contribution in [1.82, 2.24) is 15.1 Å². The molecule has 0 radical (unpaired) electrons. The summed E-state index contributed by atoms with van der Waals surface area (Å²) < 4.78 is 1.39. The fraction of sp³-hybridized carbons (Fsp3) is 0.615. The lowest BCUT2D eigenvalue weighted by molar-refractivity contribution is -0.385. The Bertz CT molecular complexity index is 484. The summed E-state index contributed by atoms with van der Waals surface area (Å²) in [5.74, 6) is 0. The van der Waals surface area contributed by atoms with Gasteiger partial charge in [-0.05, 0) is 32.2 Å². The van der Waals surface area contributed by atoms with Gasteiger partial charge in [0, 0.05) is 6.54 Å². The molecule has 20 heavy (non-hydrogen) atoms. The summed E-state index contributed by atoms with van der Waals surface area (Å²) in [6.07, 6.45) is 8.88. The summed E-state index contributed by atoms with van der Waals surface area (Å²) in [5.41, 5.74) is 1.44. The highest BCUT2D eigenvalue weighted by Gasteiger charge is 2.11. The Labute approximate surface area is 117 Å². The lowest BCUT2D eigenvalue weighted by Gasteiger charge is -2.11. The Kier molecular flexibility index (Phi) is 5.25. The first kappa shape index (κ1) is 14.7. The summed E-state index contributed by atoms with van der Waals surface area (Å²) >= 11 is 0. The minimum absolute atomic E-state index is 0.0571. The SMILES string of the molecule is O=[N+]([O-])c1cnn(CC(O)CNCCC2=CCCC2)c1. The van der Waals surface area contributed by atoms with Crippen LogP contribution in [0, 0.1) is 10.1 Å². The van der Waals surface area contributed by atoms with Gasteiger partial charge < -0.3 is 10.4 Å². The molecule has 1 aromatic rings. The number of aliphatic hydroxyl groups excluding tert-OH is 1. The number of hydrogen-bond donors (Lipinski definition) is 2. The van der Waals surface area contributed by atoms with Gasteiger partial charge in [-0.25, -0.2) is 0 Å². The van der Waals surface area contributed by atoms with E-state index in [4.69, 9.17) is 0 Å². The molecular formula is C13H20N4O3. The van der Waals surface area contributed by atoms with Crippen LogP contribution in [-0.2, 0) is 6.54 Å². The number of rotatable bonds is 8. The van der Waals surface area contributed by atoms with Gasteiger partial charge in [-0.3, -0.25) is 14.8 Å². The van der Waals surface area contributed by atoms with Crippen LogP contribution in [0.2, 0.25) is 0 Å². The maximum atomic E-state index is 10.5. The van der Waals surface area contributed by atoms with Gasteiger partial charge in [0.25, 0.3) is 0 Å². The van der Waals surface area contributed by atoms with Crippen LogP contribution in [0.3, 0.4) is 0 Å². The minimum Gasteiger partial charge on any atom is -0.390 e. The maximum Gasteiger partial charge on any atom is 0.306 e. The molecule has 1 heterocycles. The zero-order valence-electron chi connectivity index (χ0n) is 11.4. The molecule has 0 saturated carbocycles. The van der Waals surface area contributed by atoms with Crippen molar-refractivity contribution in [2.75, 3.05) is 13.1 Å². The second-order valence-electron chi connectivity index (χ2n) is 5.04. The molecule has 0 aliphatic heterocycles. The van der Waals surface area contributed by atoms with E-state index in [1.54, 1.807) is 0 Å². The lowest BCUT2D eigenvalue weighted by atomic mass is 10.2. The van der Waals surface area contributed by atoms with Crippen LogP contribution in [0.5, 0.6) is 0 Å². The third-order valence-corrected chi connectivity index (χ3v) is 3.37. The second-order valence-corrected chi connectivity index (χ2v) is 5.04. The molecular weight excluding hydrogens is 260 g/mol. The van der Waals surface area contributed by atoms with E-state index in [2.05, 4.69) is 16.5 Å². The standard InChI is InChI=1S/C13H20N4O3/c18-13(8-14-6-5-11-3-1-2-4-11)10-16-9-12(7-15-16)17(19)20/h3,7,9,13-14,18H,1-2,4-6,8,10H2. The zero-order valence-corrected chi connectivity index (χ0v) is 11.4.